The maximum absolute atomic E-state index is 13.5. The van der Waals surface area contributed by atoms with Gasteiger partial charge in [-0.25, -0.2) is 4.39 Å². The number of para-hydroxylation sites is 1. The number of benzene rings is 2. The van der Waals surface area contributed by atoms with Crippen molar-refractivity contribution in [1.82, 2.24) is 15.5 Å². The molecule has 3 aromatic rings. The van der Waals surface area contributed by atoms with Crippen LogP contribution in [-0.2, 0) is 6.42 Å². The van der Waals surface area contributed by atoms with Gasteiger partial charge >= 0.3 is 0 Å². The molecule has 0 saturated heterocycles. The minimum absolute atomic E-state index is 0.215. The van der Waals surface area contributed by atoms with E-state index in [1.54, 1.807) is 30.3 Å². The molecular formula is C19H17FN4O. The first-order valence-electron chi connectivity index (χ1n) is 7.90. The maximum Gasteiger partial charge on any atom is 0.271 e. The Morgan fingerprint density at radius 3 is 2.40 bits per heavy atom. The molecule has 0 radical (unpaired) electrons. The number of halogens is 1. The number of carbonyl (C=O) groups excluding carboxylic acids is 1. The summed E-state index contributed by atoms with van der Waals surface area (Å²) in [5.74, 6) is -0.0583. The second kappa shape index (κ2) is 8.01. The Bertz CT molecular complexity index is 838. The van der Waals surface area contributed by atoms with Crippen LogP contribution in [0.5, 0.6) is 0 Å². The lowest BCUT2D eigenvalue weighted by atomic mass is 10.1. The third-order valence-corrected chi connectivity index (χ3v) is 3.58. The summed E-state index contributed by atoms with van der Waals surface area (Å²) in [6.45, 7) is 0.325. The van der Waals surface area contributed by atoms with Crippen LogP contribution in [0.2, 0.25) is 0 Å². The second-order valence-corrected chi connectivity index (χ2v) is 5.39. The molecule has 0 fully saturated rings. The van der Waals surface area contributed by atoms with Crippen molar-refractivity contribution in [3.8, 4) is 0 Å². The normalized spacial score (nSPS) is 10.3. The Morgan fingerprint density at radius 2 is 1.68 bits per heavy atom. The predicted molar refractivity (Wildman–Crippen MR) is 94.2 cm³/mol. The molecular weight excluding hydrogens is 319 g/mol. The SMILES string of the molecule is O=C(NCCc1ccccc1F)c1ccc(Nc2ccccc2)nn1. The number of hydrogen-bond donors (Lipinski definition) is 2. The molecule has 0 unspecified atom stereocenters. The summed E-state index contributed by atoms with van der Waals surface area (Å²) < 4.78 is 13.5. The van der Waals surface area contributed by atoms with Gasteiger partial charge in [0.2, 0.25) is 0 Å². The third-order valence-electron chi connectivity index (χ3n) is 3.58. The molecule has 0 atom stereocenters. The molecule has 1 amide bonds. The molecule has 0 aliphatic carbocycles. The van der Waals surface area contributed by atoms with Crippen LogP contribution in [-0.4, -0.2) is 22.6 Å². The van der Waals surface area contributed by atoms with Crippen LogP contribution in [0.4, 0.5) is 15.9 Å². The van der Waals surface area contributed by atoms with Crippen LogP contribution in [0.1, 0.15) is 16.1 Å². The van der Waals surface area contributed by atoms with Gasteiger partial charge in [-0.1, -0.05) is 36.4 Å². The quantitative estimate of drug-likeness (QED) is 0.724. The Balaban J connectivity index is 1.53. The van der Waals surface area contributed by atoms with Crippen molar-refractivity contribution in [3.05, 3.63) is 83.8 Å². The molecule has 1 aromatic heterocycles. The first kappa shape index (κ1) is 16.6. The fraction of sp³-hybridized carbons (Fsp3) is 0.105. The largest absolute Gasteiger partial charge is 0.350 e. The molecule has 6 heteroatoms. The summed E-state index contributed by atoms with van der Waals surface area (Å²) in [4.78, 5) is 12.1. The van der Waals surface area contributed by atoms with Crippen molar-refractivity contribution in [2.75, 3.05) is 11.9 Å². The lowest BCUT2D eigenvalue weighted by Gasteiger charge is -2.07. The van der Waals surface area contributed by atoms with E-state index >= 15 is 0 Å². The van der Waals surface area contributed by atoms with Crippen molar-refractivity contribution in [2.45, 2.75) is 6.42 Å². The number of nitrogens with one attached hydrogen (secondary N) is 2. The van der Waals surface area contributed by atoms with Crippen LogP contribution in [0, 0.1) is 5.82 Å². The minimum Gasteiger partial charge on any atom is -0.350 e. The summed E-state index contributed by atoms with van der Waals surface area (Å²) >= 11 is 0. The van der Waals surface area contributed by atoms with Gasteiger partial charge < -0.3 is 10.6 Å². The molecule has 0 aliphatic rings. The van der Waals surface area contributed by atoms with Gasteiger partial charge in [0.1, 0.15) is 5.82 Å². The van der Waals surface area contributed by atoms with Gasteiger partial charge in [0.15, 0.2) is 11.5 Å². The molecule has 0 saturated carbocycles. The van der Waals surface area contributed by atoms with Gasteiger partial charge in [0.05, 0.1) is 0 Å². The summed E-state index contributed by atoms with van der Waals surface area (Å²) in [5.41, 5.74) is 1.67. The first-order chi connectivity index (χ1) is 12.2. The molecule has 1 heterocycles. The lowest BCUT2D eigenvalue weighted by Crippen LogP contribution is -2.27. The van der Waals surface area contributed by atoms with E-state index in [1.165, 1.54) is 6.07 Å². The van der Waals surface area contributed by atoms with E-state index in [2.05, 4.69) is 20.8 Å². The number of carbonyl (C=O) groups is 1. The summed E-state index contributed by atoms with van der Waals surface area (Å²) in [7, 11) is 0. The van der Waals surface area contributed by atoms with Crippen molar-refractivity contribution >= 4 is 17.4 Å². The van der Waals surface area contributed by atoms with E-state index in [9.17, 15) is 9.18 Å². The zero-order valence-corrected chi connectivity index (χ0v) is 13.4. The van der Waals surface area contributed by atoms with Gasteiger partial charge in [0.25, 0.3) is 5.91 Å². The number of rotatable bonds is 6. The van der Waals surface area contributed by atoms with Crippen LogP contribution in [0.25, 0.3) is 0 Å². The van der Waals surface area contributed by atoms with E-state index in [4.69, 9.17) is 0 Å². The van der Waals surface area contributed by atoms with E-state index in [0.717, 1.165) is 5.69 Å². The van der Waals surface area contributed by atoms with Gasteiger partial charge in [-0.2, -0.15) is 0 Å². The molecule has 0 bridgehead atoms. The number of nitrogens with zero attached hydrogens (tertiary/aromatic N) is 2. The number of aromatic nitrogens is 2. The molecule has 25 heavy (non-hydrogen) atoms. The highest BCUT2D eigenvalue weighted by molar-refractivity contribution is 5.92. The number of anilines is 2. The van der Waals surface area contributed by atoms with E-state index in [0.29, 0.717) is 24.3 Å². The number of amides is 1. The van der Waals surface area contributed by atoms with Gasteiger partial charge in [0, 0.05) is 12.2 Å². The number of hydrogen-bond acceptors (Lipinski definition) is 4. The standard InChI is InChI=1S/C19H17FN4O/c20-16-9-5-4-6-14(16)12-13-21-19(25)17-10-11-18(24-23-17)22-15-7-2-1-3-8-15/h1-11H,12-13H2,(H,21,25)(H,22,24). The predicted octanol–water partition coefficient (Wildman–Crippen LogP) is 3.33. The third kappa shape index (κ3) is 4.60. The second-order valence-electron chi connectivity index (χ2n) is 5.39. The van der Waals surface area contributed by atoms with Crippen molar-refractivity contribution in [3.63, 3.8) is 0 Å². The molecule has 3 rings (SSSR count). The first-order valence-corrected chi connectivity index (χ1v) is 7.90. The Kier molecular flexibility index (Phi) is 5.31. The van der Waals surface area contributed by atoms with Crippen molar-refractivity contribution in [2.24, 2.45) is 0 Å². The zero-order valence-electron chi connectivity index (χ0n) is 13.4. The lowest BCUT2D eigenvalue weighted by molar-refractivity contribution is 0.0948. The van der Waals surface area contributed by atoms with Crippen LogP contribution in [0.3, 0.4) is 0 Å². The molecule has 5 nitrogen and oxygen atoms in total. The van der Waals surface area contributed by atoms with Crippen LogP contribution in [0.15, 0.2) is 66.7 Å². The highest BCUT2D eigenvalue weighted by Crippen LogP contribution is 2.12. The van der Waals surface area contributed by atoms with Crippen LogP contribution >= 0.6 is 0 Å². The summed E-state index contributed by atoms with van der Waals surface area (Å²) in [6.07, 6.45) is 0.416. The highest BCUT2D eigenvalue weighted by Gasteiger charge is 2.08. The molecule has 2 N–H and O–H groups in total. The molecule has 2 aromatic carbocycles. The van der Waals surface area contributed by atoms with Gasteiger partial charge in [-0.05, 0) is 42.3 Å². The monoisotopic (exact) mass is 336 g/mol. The molecule has 0 aliphatic heterocycles. The maximum atomic E-state index is 13.5. The van der Waals surface area contributed by atoms with Gasteiger partial charge in [-0.15, -0.1) is 10.2 Å². The average Bonchev–Trinajstić information content (AvgIpc) is 2.65. The zero-order chi connectivity index (χ0) is 17.5. The fourth-order valence-corrected chi connectivity index (χ4v) is 2.29. The fourth-order valence-electron chi connectivity index (χ4n) is 2.29. The Hall–Kier alpha value is -3.28. The minimum atomic E-state index is -0.338. The van der Waals surface area contributed by atoms with Crippen molar-refractivity contribution < 1.29 is 9.18 Å². The Morgan fingerprint density at radius 1 is 0.920 bits per heavy atom. The summed E-state index contributed by atoms with van der Waals surface area (Å²) in [6, 6.07) is 19.3. The van der Waals surface area contributed by atoms with E-state index < -0.39 is 0 Å². The molecule has 126 valence electrons. The smallest absolute Gasteiger partial charge is 0.271 e. The average molecular weight is 336 g/mol. The van der Waals surface area contributed by atoms with E-state index in [1.807, 2.05) is 30.3 Å². The van der Waals surface area contributed by atoms with Gasteiger partial charge in [-0.3, -0.25) is 4.79 Å². The van der Waals surface area contributed by atoms with Crippen LogP contribution < -0.4 is 10.6 Å². The topological polar surface area (TPSA) is 66.9 Å². The highest BCUT2D eigenvalue weighted by atomic mass is 19.1. The van der Waals surface area contributed by atoms with E-state index in [-0.39, 0.29) is 17.4 Å². The Labute approximate surface area is 144 Å². The van der Waals surface area contributed by atoms with Crippen molar-refractivity contribution in [1.29, 1.82) is 0 Å². The summed E-state index contributed by atoms with van der Waals surface area (Å²) in [5, 5.41) is 13.7. The molecule has 0 spiro atoms.